The molecule has 0 spiro atoms. The van der Waals surface area contributed by atoms with Gasteiger partial charge in [-0.2, -0.15) is 4.31 Å². The molecule has 0 bridgehead atoms. The lowest BCUT2D eigenvalue weighted by atomic mass is 9.95. The molecular formula is C37H57ClN4O5SSi. The van der Waals surface area contributed by atoms with Crippen LogP contribution in [0.4, 0.5) is 0 Å². The minimum Gasteiger partial charge on any atom is -0.365 e. The fourth-order valence-electron chi connectivity index (χ4n) is 6.56. The van der Waals surface area contributed by atoms with Gasteiger partial charge in [0.15, 0.2) is 0 Å². The quantitative estimate of drug-likeness (QED) is 0.0601. The Kier molecular flexibility index (Phi) is 12.5. The summed E-state index contributed by atoms with van der Waals surface area (Å²) >= 11 is 6.73. The Morgan fingerprint density at radius 1 is 1.02 bits per heavy atom. The lowest BCUT2D eigenvalue weighted by Gasteiger charge is -2.33. The molecule has 2 aromatic rings. The Labute approximate surface area is 300 Å². The summed E-state index contributed by atoms with van der Waals surface area (Å²) < 4.78 is 36.0. The number of nitrogens with one attached hydrogen (secondary N) is 2. The molecule has 0 atom stereocenters. The van der Waals surface area contributed by atoms with Crippen LogP contribution < -0.4 is 10.6 Å². The summed E-state index contributed by atoms with van der Waals surface area (Å²) in [6.45, 7) is 15.6. The summed E-state index contributed by atoms with van der Waals surface area (Å²) in [5, 5.41) is 6.58. The van der Waals surface area contributed by atoms with E-state index in [1.807, 2.05) is 38.1 Å². The first-order chi connectivity index (χ1) is 22.8. The zero-order valence-corrected chi connectivity index (χ0v) is 33.3. The third-order valence-electron chi connectivity index (χ3n) is 9.84. The second-order valence-electron chi connectivity index (χ2n) is 15.8. The molecule has 9 nitrogen and oxygen atoms in total. The van der Waals surface area contributed by atoms with Crippen LogP contribution in [0.25, 0.3) is 11.1 Å². The molecule has 4 rings (SSSR count). The van der Waals surface area contributed by atoms with Gasteiger partial charge in [0.25, 0.3) is 0 Å². The van der Waals surface area contributed by atoms with Gasteiger partial charge in [-0.1, -0.05) is 82.7 Å². The van der Waals surface area contributed by atoms with Crippen LogP contribution in [0.5, 0.6) is 0 Å². The van der Waals surface area contributed by atoms with Crippen LogP contribution in [0.15, 0.2) is 47.4 Å². The van der Waals surface area contributed by atoms with E-state index in [4.69, 9.17) is 16.3 Å². The van der Waals surface area contributed by atoms with Gasteiger partial charge in [0.05, 0.1) is 10.4 Å². The number of likely N-dealkylation sites (N-methyl/N-ethyl adjacent to an activating group) is 1. The summed E-state index contributed by atoms with van der Waals surface area (Å²) in [5.41, 5.74) is 1.97. The molecule has 0 unspecified atom stereocenters. The van der Waals surface area contributed by atoms with Gasteiger partial charge in [-0.25, -0.2) is 8.42 Å². The minimum atomic E-state index is -4.14. The number of rotatable bonds is 17. The van der Waals surface area contributed by atoms with Crippen molar-refractivity contribution in [2.45, 2.75) is 120 Å². The van der Waals surface area contributed by atoms with Crippen molar-refractivity contribution in [1.29, 1.82) is 0 Å². The topological polar surface area (TPSA) is 108 Å². The van der Waals surface area contributed by atoms with Crippen LogP contribution in [-0.4, -0.2) is 75.0 Å². The van der Waals surface area contributed by atoms with E-state index in [0.717, 1.165) is 62.2 Å². The maximum atomic E-state index is 14.5. The predicted molar refractivity (Wildman–Crippen MR) is 200 cm³/mol. The van der Waals surface area contributed by atoms with Crippen molar-refractivity contribution in [3.8, 4) is 11.1 Å². The number of carbonyl (C=O) groups is 2. The molecule has 2 amide bonds. The van der Waals surface area contributed by atoms with E-state index in [2.05, 4.69) is 30.3 Å². The molecule has 0 saturated heterocycles. The van der Waals surface area contributed by atoms with E-state index < -0.39 is 28.6 Å². The number of halogens is 1. The Balaban J connectivity index is 1.70. The lowest BCUT2D eigenvalue weighted by Crippen LogP contribution is -2.54. The molecule has 12 heteroatoms. The van der Waals surface area contributed by atoms with E-state index in [0.29, 0.717) is 24.3 Å². The van der Waals surface area contributed by atoms with E-state index in [-0.39, 0.29) is 35.4 Å². The van der Waals surface area contributed by atoms with Gasteiger partial charge >= 0.3 is 0 Å². The molecule has 2 aliphatic carbocycles. The molecule has 0 aromatic heterocycles. The first kappa shape index (κ1) is 39.5. The molecule has 272 valence electrons. The van der Waals surface area contributed by atoms with E-state index in [9.17, 15) is 18.0 Å². The molecule has 2 saturated carbocycles. The first-order valence-corrected chi connectivity index (χ1v) is 23.2. The van der Waals surface area contributed by atoms with E-state index in [1.54, 1.807) is 44.0 Å². The highest BCUT2D eigenvalue weighted by Crippen LogP contribution is 2.46. The van der Waals surface area contributed by atoms with Crippen molar-refractivity contribution in [3.05, 3.63) is 53.6 Å². The number of benzene rings is 2. The largest absolute Gasteiger partial charge is 0.365 e. The monoisotopic (exact) mass is 732 g/mol. The van der Waals surface area contributed by atoms with Crippen LogP contribution in [0.3, 0.4) is 0 Å². The summed E-state index contributed by atoms with van der Waals surface area (Å²) in [6, 6.07) is 13.6. The highest BCUT2D eigenvalue weighted by Gasteiger charge is 2.46. The third kappa shape index (κ3) is 9.74. The van der Waals surface area contributed by atoms with Crippen LogP contribution in [0.2, 0.25) is 25.7 Å². The Morgan fingerprint density at radius 3 is 2.27 bits per heavy atom. The van der Waals surface area contributed by atoms with Gasteiger partial charge in [-0.3, -0.25) is 9.59 Å². The first-order valence-electron chi connectivity index (χ1n) is 17.6. The molecule has 0 aliphatic heterocycles. The number of ether oxygens (including phenoxy) is 1. The highest BCUT2D eigenvalue weighted by atomic mass is 35.5. The number of carbonyl (C=O) groups excluding carboxylic acids is 2. The standard InChI is InChI=1S/C37H57ClN4O5SSi/c1-9-40-37(18-12-13-19-37)33(43)39-25-28-16-17-30(29(24-28)26-41(5)34(44)36(4)20-21-36)31-14-10-11-15-32(31)48(45,46)42(35(2,3)38)27-47-22-23-49(6,7)8/h10-11,14-17,24,40H,9,12-13,18-23,25-27H2,1-8H3,(H,39,43). The Morgan fingerprint density at radius 2 is 1.67 bits per heavy atom. The van der Waals surface area contributed by atoms with Crippen LogP contribution in [0, 0.1) is 5.41 Å². The van der Waals surface area contributed by atoms with Gasteiger partial charge in [-0.05, 0) is 74.9 Å². The van der Waals surface area contributed by atoms with Crippen molar-refractivity contribution in [2.75, 3.05) is 26.9 Å². The minimum absolute atomic E-state index is 0.00119. The predicted octanol–water partition coefficient (Wildman–Crippen LogP) is 6.93. The number of sulfonamides is 1. The number of hydrogen-bond donors (Lipinski definition) is 2. The van der Waals surface area contributed by atoms with Crippen molar-refractivity contribution < 1.29 is 22.7 Å². The average molecular weight is 733 g/mol. The SMILES string of the molecule is CCNC1(C(=O)NCc2ccc(-c3ccccc3S(=O)(=O)N(COCC[Si](C)(C)C)C(C)(C)Cl)c(CN(C)C(=O)C3(C)CC3)c2)CCCC1. The molecule has 49 heavy (non-hydrogen) atoms. The van der Waals surface area contributed by atoms with Gasteiger partial charge in [0, 0.05) is 45.8 Å². The second kappa shape index (κ2) is 15.5. The molecule has 0 heterocycles. The molecule has 2 aliphatic rings. The van der Waals surface area contributed by atoms with Crippen molar-refractivity contribution in [1.82, 2.24) is 19.8 Å². The number of alkyl halides is 1. The Hall–Kier alpha value is -2.28. The lowest BCUT2D eigenvalue weighted by molar-refractivity contribution is -0.135. The maximum absolute atomic E-state index is 14.5. The van der Waals surface area contributed by atoms with E-state index in [1.165, 1.54) is 4.31 Å². The van der Waals surface area contributed by atoms with Crippen molar-refractivity contribution in [2.24, 2.45) is 5.41 Å². The summed E-state index contributed by atoms with van der Waals surface area (Å²) in [7, 11) is -3.73. The highest BCUT2D eigenvalue weighted by molar-refractivity contribution is 7.89. The van der Waals surface area contributed by atoms with Crippen molar-refractivity contribution in [3.63, 3.8) is 0 Å². The third-order valence-corrected chi connectivity index (χ3v) is 13.9. The average Bonchev–Trinajstić information content (AvgIpc) is 3.59. The summed E-state index contributed by atoms with van der Waals surface area (Å²) in [5.74, 6) is 0.0659. The van der Waals surface area contributed by atoms with Crippen LogP contribution in [0.1, 0.15) is 77.3 Å². The maximum Gasteiger partial charge on any atom is 0.247 e. The fourth-order valence-corrected chi connectivity index (χ4v) is 9.37. The van der Waals surface area contributed by atoms with E-state index >= 15 is 0 Å². The van der Waals surface area contributed by atoms with Gasteiger partial charge in [0.2, 0.25) is 21.8 Å². The molecule has 2 fully saturated rings. The molecular weight excluding hydrogens is 676 g/mol. The summed E-state index contributed by atoms with van der Waals surface area (Å²) in [6.07, 6.45) is 5.37. The molecule has 2 N–H and O–H groups in total. The van der Waals surface area contributed by atoms with Gasteiger partial charge < -0.3 is 20.3 Å². The normalized spacial score (nSPS) is 17.3. The van der Waals surface area contributed by atoms with Gasteiger partial charge in [0.1, 0.15) is 11.7 Å². The van der Waals surface area contributed by atoms with Gasteiger partial charge in [-0.15, -0.1) is 11.6 Å². The number of hydrogen-bond acceptors (Lipinski definition) is 6. The van der Waals surface area contributed by atoms with Crippen LogP contribution in [-0.2, 0) is 37.4 Å². The molecule has 2 aromatic carbocycles. The number of nitrogens with zero attached hydrogens (tertiary/aromatic N) is 2. The van der Waals surface area contributed by atoms with Crippen LogP contribution >= 0.6 is 11.6 Å². The summed E-state index contributed by atoms with van der Waals surface area (Å²) in [4.78, 5) is 27.4. The second-order valence-corrected chi connectivity index (χ2v) is 24.2. The smallest absolute Gasteiger partial charge is 0.247 e. The fraction of sp³-hybridized carbons (Fsp3) is 0.622. The van der Waals surface area contributed by atoms with Crippen molar-refractivity contribution >= 4 is 41.5 Å². The Bertz CT molecular complexity index is 1590. The zero-order valence-electron chi connectivity index (χ0n) is 30.7. The molecule has 0 radical (unpaired) electrons. The number of amides is 2. The zero-order chi connectivity index (χ0) is 36.3.